The van der Waals surface area contributed by atoms with Gasteiger partial charge in [-0.3, -0.25) is 0 Å². The van der Waals surface area contributed by atoms with E-state index in [9.17, 15) is 0 Å². The maximum atomic E-state index is 4.18. The van der Waals surface area contributed by atoms with E-state index in [0.717, 1.165) is 16.1 Å². The molecule has 0 aliphatic rings. The van der Waals surface area contributed by atoms with Gasteiger partial charge < -0.3 is 5.32 Å². The predicted molar refractivity (Wildman–Crippen MR) is 59.5 cm³/mol. The monoisotopic (exact) mass is 249 g/mol. The summed E-state index contributed by atoms with van der Waals surface area (Å²) in [7, 11) is 0. The summed E-state index contributed by atoms with van der Waals surface area (Å²) in [4.78, 5) is 8.32. The Kier molecular flexibility index (Phi) is 2.74. The predicted octanol–water partition coefficient (Wildman–Crippen LogP) is 2.98. The molecular weight excluding hydrogens is 242 g/mol. The van der Waals surface area contributed by atoms with Crippen molar-refractivity contribution in [2.45, 2.75) is 0 Å². The first-order valence-corrected chi connectivity index (χ1v) is 4.94. The number of halogens is 1. The molecule has 0 aliphatic heterocycles. The molecule has 0 fully saturated rings. The number of nitrogens with one attached hydrogen (secondary N) is 1. The minimum Gasteiger partial charge on any atom is -0.324 e. The Hall–Kier alpha value is -1.42. The van der Waals surface area contributed by atoms with Gasteiger partial charge in [0.15, 0.2) is 0 Å². The smallest absolute Gasteiger partial charge is 0.145 e. The molecule has 0 atom stereocenters. The molecular formula is C10H8BrN3. The molecule has 0 saturated carbocycles. The van der Waals surface area contributed by atoms with Crippen LogP contribution in [0.1, 0.15) is 0 Å². The van der Waals surface area contributed by atoms with Crippen LogP contribution in [0.15, 0.2) is 47.2 Å². The summed E-state index contributed by atoms with van der Waals surface area (Å²) in [5, 5.41) is 3.10. The van der Waals surface area contributed by atoms with Gasteiger partial charge in [0.1, 0.15) is 11.6 Å². The SMILES string of the molecule is Brc1cccnc1Nc1ccccn1. The van der Waals surface area contributed by atoms with Crippen LogP contribution in [0.2, 0.25) is 0 Å². The molecule has 0 amide bonds. The van der Waals surface area contributed by atoms with Gasteiger partial charge in [-0.15, -0.1) is 0 Å². The molecule has 14 heavy (non-hydrogen) atoms. The van der Waals surface area contributed by atoms with Crippen molar-refractivity contribution in [3.63, 3.8) is 0 Å². The normalized spacial score (nSPS) is 9.79. The first-order chi connectivity index (χ1) is 6.86. The highest BCUT2D eigenvalue weighted by Gasteiger charge is 1.99. The van der Waals surface area contributed by atoms with Crippen molar-refractivity contribution in [3.8, 4) is 0 Å². The zero-order valence-electron chi connectivity index (χ0n) is 7.31. The lowest BCUT2D eigenvalue weighted by Crippen LogP contribution is -1.95. The van der Waals surface area contributed by atoms with Crippen molar-refractivity contribution < 1.29 is 0 Å². The highest BCUT2D eigenvalue weighted by Crippen LogP contribution is 2.21. The van der Waals surface area contributed by atoms with Crippen LogP contribution in [0.3, 0.4) is 0 Å². The highest BCUT2D eigenvalue weighted by molar-refractivity contribution is 9.10. The van der Waals surface area contributed by atoms with Gasteiger partial charge in [0.2, 0.25) is 0 Å². The minimum absolute atomic E-state index is 0.770. The second-order valence-electron chi connectivity index (χ2n) is 2.67. The Balaban J connectivity index is 2.24. The Bertz CT molecular complexity index is 417. The first kappa shape index (κ1) is 9.15. The maximum absolute atomic E-state index is 4.18. The fraction of sp³-hybridized carbons (Fsp3) is 0. The molecule has 0 aromatic carbocycles. The second kappa shape index (κ2) is 4.19. The molecule has 0 bridgehead atoms. The third-order valence-electron chi connectivity index (χ3n) is 1.67. The molecule has 2 aromatic heterocycles. The summed E-state index contributed by atoms with van der Waals surface area (Å²) in [6.07, 6.45) is 3.47. The summed E-state index contributed by atoms with van der Waals surface area (Å²) < 4.78 is 0.922. The highest BCUT2D eigenvalue weighted by atomic mass is 79.9. The zero-order valence-corrected chi connectivity index (χ0v) is 8.90. The van der Waals surface area contributed by atoms with Crippen LogP contribution in [-0.2, 0) is 0 Å². The fourth-order valence-electron chi connectivity index (χ4n) is 1.04. The molecule has 1 N–H and O–H groups in total. The van der Waals surface area contributed by atoms with E-state index in [1.807, 2.05) is 30.3 Å². The van der Waals surface area contributed by atoms with Crippen LogP contribution < -0.4 is 5.32 Å². The Morgan fingerprint density at radius 1 is 1.00 bits per heavy atom. The molecule has 2 rings (SSSR count). The van der Waals surface area contributed by atoms with E-state index in [1.54, 1.807) is 12.4 Å². The standard InChI is InChI=1S/C10H8BrN3/c11-8-4-3-7-13-10(8)14-9-5-1-2-6-12-9/h1-7H,(H,12,13,14). The van der Waals surface area contributed by atoms with E-state index in [2.05, 4.69) is 31.2 Å². The summed E-state index contributed by atoms with van der Waals surface area (Å²) in [5.74, 6) is 1.55. The van der Waals surface area contributed by atoms with Crippen LogP contribution in [0, 0.1) is 0 Å². The number of hydrogen-bond donors (Lipinski definition) is 1. The third kappa shape index (κ3) is 2.09. The quantitative estimate of drug-likeness (QED) is 0.890. The molecule has 3 nitrogen and oxygen atoms in total. The number of nitrogens with zero attached hydrogens (tertiary/aromatic N) is 2. The van der Waals surface area contributed by atoms with Crippen LogP contribution >= 0.6 is 15.9 Å². The average Bonchev–Trinajstić information content (AvgIpc) is 2.23. The van der Waals surface area contributed by atoms with E-state index >= 15 is 0 Å². The molecule has 70 valence electrons. The summed E-state index contributed by atoms with van der Waals surface area (Å²) in [5.41, 5.74) is 0. The van der Waals surface area contributed by atoms with Gasteiger partial charge in [-0.25, -0.2) is 9.97 Å². The van der Waals surface area contributed by atoms with Crippen LogP contribution in [-0.4, -0.2) is 9.97 Å². The molecule has 0 spiro atoms. The molecule has 0 radical (unpaired) electrons. The van der Waals surface area contributed by atoms with Crippen LogP contribution in [0.4, 0.5) is 11.6 Å². The Morgan fingerprint density at radius 3 is 2.57 bits per heavy atom. The van der Waals surface area contributed by atoms with Crippen molar-refractivity contribution in [2.24, 2.45) is 0 Å². The van der Waals surface area contributed by atoms with Crippen molar-refractivity contribution in [1.29, 1.82) is 0 Å². The van der Waals surface area contributed by atoms with Crippen molar-refractivity contribution in [2.75, 3.05) is 5.32 Å². The van der Waals surface area contributed by atoms with Gasteiger partial charge in [0, 0.05) is 12.4 Å². The molecule has 0 unspecified atom stereocenters. The van der Waals surface area contributed by atoms with E-state index in [4.69, 9.17) is 0 Å². The van der Waals surface area contributed by atoms with E-state index < -0.39 is 0 Å². The van der Waals surface area contributed by atoms with E-state index in [1.165, 1.54) is 0 Å². The number of pyridine rings is 2. The van der Waals surface area contributed by atoms with Crippen LogP contribution in [0.5, 0.6) is 0 Å². The second-order valence-corrected chi connectivity index (χ2v) is 3.53. The Labute approximate surface area is 90.3 Å². The van der Waals surface area contributed by atoms with Gasteiger partial charge in [-0.05, 0) is 40.2 Å². The Morgan fingerprint density at radius 2 is 1.86 bits per heavy atom. The van der Waals surface area contributed by atoms with Gasteiger partial charge in [-0.1, -0.05) is 6.07 Å². The largest absolute Gasteiger partial charge is 0.324 e. The lowest BCUT2D eigenvalue weighted by molar-refractivity contribution is 1.24. The molecule has 2 aromatic rings. The number of anilines is 2. The lowest BCUT2D eigenvalue weighted by Gasteiger charge is -2.04. The fourth-order valence-corrected chi connectivity index (χ4v) is 1.39. The van der Waals surface area contributed by atoms with Gasteiger partial charge in [0.25, 0.3) is 0 Å². The summed E-state index contributed by atoms with van der Waals surface area (Å²) in [6.45, 7) is 0. The minimum atomic E-state index is 0.770. The van der Waals surface area contributed by atoms with Crippen molar-refractivity contribution >= 4 is 27.6 Å². The number of hydrogen-bond acceptors (Lipinski definition) is 3. The molecule has 0 saturated heterocycles. The molecule has 0 aliphatic carbocycles. The van der Waals surface area contributed by atoms with Crippen molar-refractivity contribution in [1.82, 2.24) is 9.97 Å². The maximum Gasteiger partial charge on any atom is 0.145 e. The topological polar surface area (TPSA) is 37.8 Å². The summed E-state index contributed by atoms with van der Waals surface area (Å²) in [6, 6.07) is 9.48. The third-order valence-corrected chi connectivity index (χ3v) is 2.31. The van der Waals surface area contributed by atoms with E-state index in [0.29, 0.717) is 0 Å². The van der Waals surface area contributed by atoms with Gasteiger partial charge in [0.05, 0.1) is 4.47 Å². The lowest BCUT2D eigenvalue weighted by atomic mass is 10.4. The molecule has 2 heterocycles. The summed E-state index contributed by atoms with van der Waals surface area (Å²) >= 11 is 3.40. The first-order valence-electron chi connectivity index (χ1n) is 4.15. The molecule has 4 heteroatoms. The zero-order chi connectivity index (χ0) is 9.80. The average molecular weight is 250 g/mol. The number of rotatable bonds is 2. The number of aromatic nitrogens is 2. The van der Waals surface area contributed by atoms with E-state index in [-0.39, 0.29) is 0 Å². The van der Waals surface area contributed by atoms with Crippen LogP contribution in [0.25, 0.3) is 0 Å². The van der Waals surface area contributed by atoms with Gasteiger partial charge >= 0.3 is 0 Å². The van der Waals surface area contributed by atoms with Gasteiger partial charge in [-0.2, -0.15) is 0 Å². The van der Waals surface area contributed by atoms with Crippen molar-refractivity contribution in [3.05, 3.63) is 47.2 Å².